The Morgan fingerprint density at radius 1 is 1.00 bits per heavy atom. The first-order valence-electron chi connectivity index (χ1n) is 6.11. The Morgan fingerprint density at radius 2 is 1.63 bits per heavy atom. The number of hydrogen-bond donors (Lipinski definition) is 1. The molecule has 0 heterocycles. The molecule has 0 aromatic heterocycles. The minimum absolute atomic E-state index is 0.255. The first kappa shape index (κ1) is 14.0. The second kappa shape index (κ2) is 5.32. The maximum atomic E-state index is 13.8. The maximum Gasteiger partial charge on any atom is 0.129 e. The lowest BCUT2D eigenvalue weighted by atomic mass is 9.96. The van der Waals surface area contributed by atoms with Crippen molar-refractivity contribution in [3.63, 3.8) is 0 Å². The minimum Gasteiger partial charge on any atom is -0.383 e. The molecule has 19 heavy (non-hydrogen) atoms. The van der Waals surface area contributed by atoms with Gasteiger partial charge in [-0.25, -0.2) is 4.39 Å². The average Bonchev–Trinajstić information content (AvgIpc) is 2.36. The molecule has 0 spiro atoms. The molecule has 3 heteroatoms. The number of aliphatic hydroxyl groups is 1. The molecule has 100 valence electrons. The number of aliphatic hydroxyl groups excluding tert-OH is 1. The van der Waals surface area contributed by atoms with Gasteiger partial charge in [0.15, 0.2) is 0 Å². The molecule has 0 aliphatic carbocycles. The summed E-state index contributed by atoms with van der Waals surface area (Å²) in [7, 11) is 0. The van der Waals surface area contributed by atoms with Crippen LogP contribution in [0, 0.1) is 26.6 Å². The van der Waals surface area contributed by atoms with Gasteiger partial charge in [-0.3, -0.25) is 0 Å². The van der Waals surface area contributed by atoms with Gasteiger partial charge in [0.1, 0.15) is 11.9 Å². The topological polar surface area (TPSA) is 20.2 Å². The van der Waals surface area contributed by atoms with Gasteiger partial charge in [0.25, 0.3) is 0 Å². The summed E-state index contributed by atoms with van der Waals surface area (Å²) in [6.07, 6.45) is -1.05. The van der Waals surface area contributed by atoms with Crippen molar-refractivity contribution in [3.8, 4) is 0 Å². The monoisotopic (exact) mass is 278 g/mol. The van der Waals surface area contributed by atoms with Gasteiger partial charge in [0.2, 0.25) is 0 Å². The van der Waals surface area contributed by atoms with E-state index >= 15 is 0 Å². The number of rotatable bonds is 2. The molecule has 0 saturated heterocycles. The van der Waals surface area contributed by atoms with Crippen LogP contribution >= 0.6 is 11.6 Å². The molecule has 0 bridgehead atoms. The van der Waals surface area contributed by atoms with E-state index < -0.39 is 11.9 Å². The molecular formula is C16H16ClFO. The molecular weight excluding hydrogens is 263 g/mol. The highest BCUT2D eigenvalue weighted by Gasteiger charge is 2.18. The fraction of sp³-hybridized carbons (Fsp3) is 0.250. The van der Waals surface area contributed by atoms with Crippen LogP contribution in [0.1, 0.15) is 33.9 Å². The second-order valence-electron chi connectivity index (χ2n) is 4.89. The van der Waals surface area contributed by atoms with Crippen LogP contribution in [0.15, 0.2) is 30.3 Å². The summed E-state index contributed by atoms with van der Waals surface area (Å²) in [4.78, 5) is 0. The standard InChI is InChI=1S/C16H16ClFO/c1-9-4-5-15(18)13(6-9)16(19)12-7-10(2)11(3)8-14(12)17/h4-8,16,19H,1-3H3. The molecule has 0 amide bonds. The molecule has 1 atom stereocenters. The van der Waals surface area contributed by atoms with Crippen molar-refractivity contribution in [1.29, 1.82) is 0 Å². The highest BCUT2D eigenvalue weighted by molar-refractivity contribution is 6.31. The third-order valence-corrected chi connectivity index (χ3v) is 3.68. The summed E-state index contributed by atoms with van der Waals surface area (Å²) < 4.78 is 13.8. The molecule has 0 aliphatic heterocycles. The van der Waals surface area contributed by atoms with E-state index in [4.69, 9.17) is 11.6 Å². The summed E-state index contributed by atoms with van der Waals surface area (Å²) in [5.74, 6) is -0.424. The van der Waals surface area contributed by atoms with E-state index in [2.05, 4.69) is 0 Å². The third kappa shape index (κ3) is 2.80. The van der Waals surface area contributed by atoms with Crippen LogP contribution in [0.4, 0.5) is 4.39 Å². The maximum absolute atomic E-state index is 13.8. The van der Waals surface area contributed by atoms with Gasteiger partial charge in [-0.05, 0) is 44.0 Å². The van der Waals surface area contributed by atoms with E-state index in [1.165, 1.54) is 6.07 Å². The Labute approximate surface area is 117 Å². The van der Waals surface area contributed by atoms with Crippen molar-refractivity contribution < 1.29 is 9.50 Å². The molecule has 2 aromatic carbocycles. The molecule has 2 aromatic rings. The smallest absolute Gasteiger partial charge is 0.129 e. The van der Waals surface area contributed by atoms with Crippen LogP contribution < -0.4 is 0 Å². The fourth-order valence-corrected chi connectivity index (χ4v) is 2.37. The zero-order chi connectivity index (χ0) is 14.2. The highest BCUT2D eigenvalue weighted by Crippen LogP contribution is 2.32. The minimum atomic E-state index is -1.05. The van der Waals surface area contributed by atoms with Crippen LogP contribution in [-0.2, 0) is 0 Å². The highest BCUT2D eigenvalue weighted by atomic mass is 35.5. The van der Waals surface area contributed by atoms with E-state index in [1.807, 2.05) is 26.8 Å². The molecule has 0 saturated carbocycles. The van der Waals surface area contributed by atoms with Gasteiger partial charge in [-0.1, -0.05) is 35.4 Å². The summed E-state index contributed by atoms with van der Waals surface area (Å²) >= 11 is 6.16. The normalized spacial score (nSPS) is 12.5. The van der Waals surface area contributed by atoms with Crippen LogP contribution in [-0.4, -0.2) is 5.11 Å². The summed E-state index contributed by atoms with van der Waals surface area (Å²) in [5, 5.41) is 10.8. The lowest BCUT2D eigenvalue weighted by molar-refractivity contribution is 0.215. The number of benzene rings is 2. The first-order chi connectivity index (χ1) is 8.90. The van der Waals surface area contributed by atoms with E-state index in [-0.39, 0.29) is 5.56 Å². The molecule has 2 rings (SSSR count). The van der Waals surface area contributed by atoms with Crippen molar-refractivity contribution in [1.82, 2.24) is 0 Å². The van der Waals surface area contributed by atoms with Crippen LogP contribution in [0.2, 0.25) is 5.02 Å². The van der Waals surface area contributed by atoms with E-state index in [0.29, 0.717) is 10.6 Å². The van der Waals surface area contributed by atoms with Crippen molar-refractivity contribution >= 4 is 11.6 Å². The Bertz CT molecular complexity index is 622. The van der Waals surface area contributed by atoms with Gasteiger partial charge in [0.05, 0.1) is 0 Å². The lowest BCUT2D eigenvalue weighted by Crippen LogP contribution is -2.05. The number of halogens is 2. The molecule has 1 unspecified atom stereocenters. The van der Waals surface area contributed by atoms with Gasteiger partial charge in [-0.2, -0.15) is 0 Å². The molecule has 1 nitrogen and oxygen atoms in total. The molecule has 0 radical (unpaired) electrons. The summed E-state index contributed by atoms with van der Waals surface area (Å²) in [5.41, 5.74) is 3.76. The molecule has 0 fully saturated rings. The van der Waals surface area contributed by atoms with Gasteiger partial charge < -0.3 is 5.11 Å². The molecule has 0 aliphatic rings. The van der Waals surface area contributed by atoms with Gasteiger partial charge in [0, 0.05) is 16.1 Å². The van der Waals surface area contributed by atoms with Crippen LogP contribution in [0.3, 0.4) is 0 Å². The van der Waals surface area contributed by atoms with Gasteiger partial charge in [-0.15, -0.1) is 0 Å². The predicted octanol–water partition coefficient (Wildman–Crippen LogP) is 4.49. The van der Waals surface area contributed by atoms with E-state index in [0.717, 1.165) is 16.7 Å². The van der Waals surface area contributed by atoms with E-state index in [1.54, 1.807) is 18.2 Å². The zero-order valence-electron chi connectivity index (χ0n) is 11.2. The van der Waals surface area contributed by atoms with Crippen molar-refractivity contribution in [3.05, 3.63) is 69.0 Å². The van der Waals surface area contributed by atoms with Gasteiger partial charge >= 0.3 is 0 Å². The number of aryl methyl sites for hydroxylation is 3. The average molecular weight is 279 g/mol. The van der Waals surface area contributed by atoms with Crippen LogP contribution in [0.25, 0.3) is 0 Å². The predicted molar refractivity (Wildman–Crippen MR) is 76.1 cm³/mol. The number of hydrogen-bond acceptors (Lipinski definition) is 1. The summed E-state index contributed by atoms with van der Waals surface area (Å²) in [6.45, 7) is 5.75. The Balaban J connectivity index is 2.52. The summed E-state index contributed by atoms with van der Waals surface area (Å²) in [6, 6.07) is 8.29. The zero-order valence-corrected chi connectivity index (χ0v) is 11.9. The second-order valence-corrected chi connectivity index (χ2v) is 5.29. The molecule has 1 N–H and O–H groups in total. The quantitative estimate of drug-likeness (QED) is 0.858. The van der Waals surface area contributed by atoms with Crippen molar-refractivity contribution in [2.24, 2.45) is 0 Å². The first-order valence-corrected chi connectivity index (χ1v) is 6.48. The SMILES string of the molecule is Cc1ccc(F)c(C(O)c2cc(C)c(C)cc2Cl)c1. The van der Waals surface area contributed by atoms with Crippen LogP contribution in [0.5, 0.6) is 0 Å². The largest absolute Gasteiger partial charge is 0.383 e. The fourth-order valence-electron chi connectivity index (χ4n) is 2.05. The Morgan fingerprint density at radius 3 is 2.32 bits per heavy atom. The Hall–Kier alpha value is -1.38. The van der Waals surface area contributed by atoms with Crippen molar-refractivity contribution in [2.45, 2.75) is 26.9 Å². The van der Waals surface area contributed by atoms with Crippen molar-refractivity contribution in [2.75, 3.05) is 0 Å². The van der Waals surface area contributed by atoms with E-state index in [9.17, 15) is 9.50 Å². The Kier molecular flexibility index (Phi) is 3.93. The lowest BCUT2D eigenvalue weighted by Gasteiger charge is -2.16. The third-order valence-electron chi connectivity index (χ3n) is 3.35.